The highest BCUT2D eigenvalue weighted by Gasteiger charge is 2.21. The molecule has 0 aromatic heterocycles. The molecule has 5 nitrogen and oxygen atoms in total. The Hall–Kier alpha value is -1.69. The highest BCUT2D eigenvalue weighted by atomic mass is 32.2. The molecule has 0 heterocycles. The van der Waals surface area contributed by atoms with E-state index in [1.54, 1.807) is 39.2 Å². The first-order valence-corrected chi connectivity index (χ1v) is 7.81. The molecule has 0 spiro atoms. The van der Waals surface area contributed by atoms with Gasteiger partial charge in [-0.05, 0) is 31.9 Å². The average Bonchev–Trinajstić information content (AvgIpc) is 2.37. The summed E-state index contributed by atoms with van der Waals surface area (Å²) >= 11 is 0. The Bertz CT molecular complexity index is 569. The second kappa shape index (κ2) is 6.65. The number of nitrogens with one attached hydrogen (secondary N) is 1. The summed E-state index contributed by atoms with van der Waals surface area (Å²) in [6.45, 7) is 5.36. The average molecular weight is 297 g/mol. The van der Waals surface area contributed by atoms with Crippen molar-refractivity contribution in [3.63, 3.8) is 0 Å². The van der Waals surface area contributed by atoms with Crippen molar-refractivity contribution in [3.05, 3.63) is 34.4 Å². The van der Waals surface area contributed by atoms with E-state index in [0.717, 1.165) is 0 Å². The number of rotatable bonds is 5. The van der Waals surface area contributed by atoms with Gasteiger partial charge in [0.05, 0.1) is 11.1 Å². The van der Waals surface area contributed by atoms with E-state index >= 15 is 0 Å². The molecule has 0 bridgehead atoms. The van der Waals surface area contributed by atoms with Gasteiger partial charge >= 0.3 is 5.97 Å². The molecule has 0 saturated heterocycles. The second-order valence-electron chi connectivity index (χ2n) is 4.77. The lowest BCUT2D eigenvalue weighted by molar-refractivity contribution is 0.0690. The summed E-state index contributed by atoms with van der Waals surface area (Å²) in [5.41, 5.74) is 1.34. The van der Waals surface area contributed by atoms with Gasteiger partial charge in [0.15, 0.2) is 0 Å². The molecule has 6 heteroatoms. The molecule has 0 aliphatic rings. The van der Waals surface area contributed by atoms with Crippen molar-refractivity contribution in [1.82, 2.24) is 5.32 Å². The molecule has 0 radical (unpaired) electrons. The molecular weight excluding hydrogens is 278 g/mol. The van der Waals surface area contributed by atoms with Gasteiger partial charge in [0.2, 0.25) is 0 Å². The Kier molecular flexibility index (Phi) is 5.44. The maximum atomic E-state index is 12.2. The number of carbonyl (C=O) groups is 2. The third-order valence-corrected chi connectivity index (χ3v) is 4.48. The van der Waals surface area contributed by atoms with E-state index in [0.29, 0.717) is 11.1 Å². The zero-order valence-corrected chi connectivity index (χ0v) is 12.8. The molecule has 2 unspecified atom stereocenters. The number of hydrogen-bond donors (Lipinski definition) is 2. The quantitative estimate of drug-likeness (QED) is 0.862. The Labute approximate surface area is 120 Å². The van der Waals surface area contributed by atoms with Gasteiger partial charge in [-0.1, -0.05) is 12.1 Å². The minimum atomic E-state index is -1.12. The molecule has 0 aliphatic heterocycles. The normalized spacial score (nSPS) is 13.6. The largest absolute Gasteiger partial charge is 0.478 e. The maximum absolute atomic E-state index is 12.2. The standard InChI is InChI=1S/C14H19NO4S/c1-8-5-6-9(2)12(14(17)18)11(8)13(16)15-7-10(3)20(4)19/h5-6,10H,7H2,1-4H3,(H,15,16)(H,17,18). The molecule has 110 valence electrons. The van der Waals surface area contributed by atoms with Crippen molar-refractivity contribution in [1.29, 1.82) is 0 Å². The van der Waals surface area contributed by atoms with Gasteiger partial charge in [-0.25, -0.2) is 4.79 Å². The fourth-order valence-corrected chi connectivity index (χ4v) is 2.14. The maximum Gasteiger partial charge on any atom is 0.336 e. The van der Waals surface area contributed by atoms with Crippen LogP contribution in [0.5, 0.6) is 0 Å². The Morgan fingerprint density at radius 2 is 1.75 bits per heavy atom. The van der Waals surface area contributed by atoms with E-state index in [1.165, 1.54) is 0 Å². The number of amides is 1. The lowest BCUT2D eigenvalue weighted by atomic mass is 9.96. The number of carboxylic acids is 1. The summed E-state index contributed by atoms with van der Waals surface area (Å²) in [7, 11) is -1.04. The van der Waals surface area contributed by atoms with Crippen LogP contribution in [0.4, 0.5) is 0 Å². The summed E-state index contributed by atoms with van der Waals surface area (Å²) < 4.78 is 11.3. The van der Waals surface area contributed by atoms with E-state index in [1.807, 2.05) is 0 Å². The number of carboxylic acid groups (broad SMARTS) is 1. The fraction of sp³-hybridized carbons (Fsp3) is 0.429. The monoisotopic (exact) mass is 297 g/mol. The van der Waals surface area contributed by atoms with Crippen molar-refractivity contribution >= 4 is 22.7 Å². The third kappa shape index (κ3) is 3.66. The minimum Gasteiger partial charge on any atom is -0.478 e. The molecular formula is C14H19NO4S. The summed E-state index contributed by atoms with van der Waals surface area (Å²) in [6.07, 6.45) is 1.57. The molecule has 1 rings (SSSR count). The Morgan fingerprint density at radius 1 is 1.25 bits per heavy atom. The van der Waals surface area contributed by atoms with Crippen molar-refractivity contribution in [2.45, 2.75) is 26.0 Å². The van der Waals surface area contributed by atoms with Gasteiger partial charge < -0.3 is 10.4 Å². The van der Waals surface area contributed by atoms with Crippen molar-refractivity contribution in [3.8, 4) is 0 Å². The van der Waals surface area contributed by atoms with Crippen LogP contribution in [-0.2, 0) is 10.8 Å². The van der Waals surface area contributed by atoms with Crippen LogP contribution in [0.1, 0.15) is 38.8 Å². The zero-order chi connectivity index (χ0) is 15.4. The Balaban J connectivity index is 3.07. The number of benzene rings is 1. The molecule has 0 aliphatic carbocycles. The molecule has 0 fully saturated rings. The fourth-order valence-electron chi connectivity index (χ4n) is 1.82. The van der Waals surface area contributed by atoms with Gasteiger partial charge in [-0.15, -0.1) is 0 Å². The number of hydrogen-bond acceptors (Lipinski definition) is 3. The topological polar surface area (TPSA) is 83.5 Å². The van der Waals surface area contributed by atoms with Crippen molar-refractivity contribution in [2.75, 3.05) is 12.8 Å². The number of aromatic carboxylic acids is 1. The predicted octanol–water partition coefficient (Wildman–Crippen LogP) is 1.50. The first-order chi connectivity index (χ1) is 9.25. The highest BCUT2D eigenvalue weighted by Crippen LogP contribution is 2.18. The Morgan fingerprint density at radius 3 is 2.20 bits per heavy atom. The van der Waals surface area contributed by atoms with Crippen molar-refractivity contribution < 1.29 is 18.9 Å². The van der Waals surface area contributed by atoms with E-state index in [-0.39, 0.29) is 22.9 Å². The second-order valence-corrected chi connectivity index (χ2v) is 6.58. The highest BCUT2D eigenvalue weighted by molar-refractivity contribution is 7.84. The lowest BCUT2D eigenvalue weighted by Gasteiger charge is -2.14. The van der Waals surface area contributed by atoms with Crippen LogP contribution < -0.4 is 5.32 Å². The van der Waals surface area contributed by atoms with Gasteiger partial charge in [-0.2, -0.15) is 0 Å². The molecule has 2 atom stereocenters. The van der Waals surface area contributed by atoms with Gasteiger partial charge in [0.1, 0.15) is 0 Å². The molecule has 0 saturated carbocycles. The number of carbonyl (C=O) groups excluding carboxylic acids is 1. The van der Waals surface area contributed by atoms with E-state index in [9.17, 15) is 18.9 Å². The van der Waals surface area contributed by atoms with Gasteiger partial charge in [0.25, 0.3) is 5.91 Å². The first kappa shape index (κ1) is 16.4. The SMILES string of the molecule is Cc1ccc(C)c(C(=O)NCC(C)S(C)=O)c1C(=O)O. The molecule has 1 aromatic carbocycles. The lowest BCUT2D eigenvalue weighted by Crippen LogP contribution is -2.34. The van der Waals surface area contributed by atoms with Crippen LogP contribution in [0.15, 0.2) is 12.1 Å². The van der Waals surface area contributed by atoms with Crippen LogP contribution in [0, 0.1) is 13.8 Å². The molecule has 1 aromatic rings. The van der Waals surface area contributed by atoms with Crippen LogP contribution >= 0.6 is 0 Å². The molecule has 2 N–H and O–H groups in total. The summed E-state index contributed by atoms with van der Waals surface area (Å²) in [5, 5.41) is 11.7. The van der Waals surface area contributed by atoms with Crippen LogP contribution in [0.3, 0.4) is 0 Å². The predicted molar refractivity (Wildman–Crippen MR) is 78.7 cm³/mol. The molecule has 20 heavy (non-hydrogen) atoms. The van der Waals surface area contributed by atoms with Crippen LogP contribution in [0.25, 0.3) is 0 Å². The van der Waals surface area contributed by atoms with Gasteiger partial charge in [-0.3, -0.25) is 9.00 Å². The smallest absolute Gasteiger partial charge is 0.336 e. The van der Waals surface area contributed by atoms with Crippen LogP contribution in [0.2, 0.25) is 0 Å². The number of aryl methyl sites for hydroxylation is 2. The first-order valence-electron chi connectivity index (χ1n) is 6.19. The third-order valence-electron chi connectivity index (χ3n) is 3.18. The van der Waals surface area contributed by atoms with Crippen LogP contribution in [-0.4, -0.2) is 39.2 Å². The minimum absolute atomic E-state index is 0.0211. The van der Waals surface area contributed by atoms with Crippen molar-refractivity contribution in [2.24, 2.45) is 0 Å². The zero-order valence-electron chi connectivity index (χ0n) is 12.0. The summed E-state index contributed by atoms with van der Waals surface area (Å²) in [5.74, 6) is -1.57. The summed E-state index contributed by atoms with van der Waals surface area (Å²) in [4.78, 5) is 23.5. The van der Waals surface area contributed by atoms with E-state index in [2.05, 4.69) is 5.32 Å². The van der Waals surface area contributed by atoms with E-state index < -0.39 is 22.7 Å². The molecule has 1 amide bonds. The summed E-state index contributed by atoms with van der Waals surface area (Å²) in [6, 6.07) is 3.40. The van der Waals surface area contributed by atoms with E-state index in [4.69, 9.17) is 0 Å². The van der Waals surface area contributed by atoms with Gasteiger partial charge in [0, 0.05) is 28.9 Å².